The van der Waals surface area contributed by atoms with Gasteiger partial charge < -0.3 is 9.64 Å². The highest BCUT2D eigenvalue weighted by atomic mass is 32.1. The van der Waals surface area contributed by atoms with Crippen LogP contribution in [0.25, 0.3) is 0 Å². The molecule has 0 aliphatic carbocycles. The SMILES string of the molecule is COc1ccc(C2CCCN2C(=O)Cc2csc(NC(=O)c3ccccc3)n2)cc1. The van der Waals surface area contributed by atoms with Crippen LogP contribution < -0.4 is 10.1 Å². The Balaban J connectivity index is 1.39. The smallest absolute Gasteiger partial charge is 0.257 e. The van der Waals surface area contributed by atoms with E-state index in [0.29, 0.717) is 16.4 Å². The number of benzene rings is 2. The van der Waals surface area contributed by atoms with E-state index in [1.807, 2.05) is 52.7 Å². The summed E-state index contributed by atoms with van der Waals surface area (Å²) in [7, 11) is 1.64. The first-order valence-electron chi connectivity index (χ1n) is 9.88. The lowest BCUT2D eigenvalue weighted by molar-refractivity contribution is -0.131. The molecule has 2 aromatic carbocycles. The molecule has 154 valence electrons. The number of likely N-dealkylation sites (tertiary alicyclic amines) is 1. The minimum atomic E-state index is -0.207. The van der Waals surface area contributed by atoms with Crippen LogP contribution in [0.4, 0.5) is 5.13 Å². The molecule has 2 heterocycles. The van der Waals surface area contributed by atoms with Crippen molar-refractivity contribution in [2.75, 3.05) is 19.0 Å². The van der Waals surface area contributed by atoms with E-state index in [-0.39, 0.29) is 24.3 Å². The third-order valence-corrected chi connectivity index (χ3v) is 6.02. The summed E-state index contributed by atoms with van der Waals surface area (Å²) < 4.78 is 5.23. The second-order valence-electron chi connectivity index (χ2n) is 7.16. The number of hydrogen-bond acceptors (Lipinski definition) is 5. The monoisotopic (exact) mass is 421 g/mol. The van der Waals surface area contributed by atoms with Gasteiger partial charge in [-0.25, -0.2) is 4.98 Å². The van der Waals surface area contributed by atoms with Crippen molar-refractivity contribution in [3.8, 4) is 5.75 Å². The molecule has 1 aromatic heterocycles. The van der Waals surface area contributed by atoms with Crippen molar-refractivity contribution in [1.82, 2.24) is 9.88 Å². The van der Waals surface area contributed by atoms with Gasteiger partial charge in [0.25, 0.3) is 5.91 Å². The highest BCUT2D eigenvalue weighted by molar-refractivity contribution is 7.14. The zero-order chi connectivity index (χ0) is 20.9. The number of amides is 2. The number of nitrogens with zero attached hydrogens (tertiary/aromatic N) is 2. The number of methoxy groups -OCH3 is 1. The molecule has 7 heteroatoms. The van der Waals surface area contributed by atoms with Crippen LogP contribution in [0, 0.1) is 0 Å². The Labute approximate surface area is 179 Å². The van der Waals surface area contributed by atoms with Gasteiger partial charge in [-0.15, -0.1) is 11.3 Å². The molecule has 1 atom stereocenters. The second-order valence-corrected chi connectivity index (χ2v) is 8.02. The third kappa shape index (κ3) is 4.52. The first-order chi connectivity index (χ1) is 14.6. The highest BCUT2D eigenvalue weighted by Gasteiger charge is 2.30. The topological polar surface area (TPSA) is 71.5 Å². The van der Waals surface area contributed by atoms with E-state index in [0.717, 1.165) is 30.7 Å². The molecule has 1 unspecified atom stereocenters. The van der Waals surface area contributed by atoms with E-state index in [9.17, 15) is 9.59 Å². The van der Waals surface area contributed by atoms with E-state index in [1.54, 1.807) is 19.2 Å². The van der Waals surface area contributed by atoms with Crippen LogP contribution in [-0.4, -0.2) is 35.4 Å². The van der Waals surface area contributed by atoms with Gasteiger partial charge in [-0.1, -0.05) is 30.3 Å². The molecular formula is C23H23N3O3S. The van der Waals surface area contributed by atoms with Crippen LogP contribution in [0.3, 0.4) is 0 Å². The van der Waals surface area contributed by atoms with Crippen molar-refractivity contribution in [1.29, 1.82) is 0 Å². The van der Waals surface area contributed by atoms with E-state index < -0.39 is 0 Å². The van der Waals surface area contributed by atoms with Crippen LogP contribution in [0.1, 0.15) is 40.5 Å². The highest BCUT2D eigenvalue weighted by Crippen LogP contribution is 2.33. The van der Waals surface area contributed by atoms with Gasteiger partial charge in [-0.3, -0.25) is 14.9 Å². The fourth-order valence-corrected chi connectivity index (χ4v) is 4.40. The van der Waals surface area contributed by atoms with Crippen molar-refractivity contribution < 1.29 is 14.3 Å². The van der Waals surface area contributed by atoms with Crippen molar-refractivity contribution in [2.45, 2.75) is 25.3 Å². The summed E-state index contributed by atoms with van der Waals surface area (Å²) in [5.74, 6) is 0.656. The molecule has 3 aromatic rings. The van der Waals surface area contributed by atoms with Crippen molar-refractivity contribution in [3.63, 3.8) is 0 Å². The fraction of sp³-hybridized carbons (Fsp3) is 0.261. The standard InChI is InChI=1S/C23H23N3O3S/c1-29-19-11-9-16(10-12-19)20-8-5-13-26(20)21(27)14-18-15-30-23(24-18)25-22(28)17-6-3-2-4-7-17/h2-4,6-7,9-12,15,20H,5,8,13-14H2,1H3,(H,24,25,28). The van der Waals surface area contributed by atoms with E-state index in [1.165, 1.54) is 11.3 Å². The molecule has 1 aliphatic rings. The molecule has 0 spiro atoms. The number of anilines is 1. The van der Waals surface area contributed by atoms with Crippen LogP contribution in [-0.2, 0) is 11.2 Å². The first kappa shape index (κ1) is 20.1. The van der Waals surface area contributed by atoms with E-state index in [4.69, 9.17) is 4.74 Å². The molecule has 0 saturated carbocycles. The summed E-state index contributed by atoms with van der Waals surface area (Å²) >= 11 is 1.33. The maximum Gasteiger partial charge on any atom is 0.257 e. The van der Waals surface area contributed by atoms with E-state index in [2.05, 4.69) is 10.3 Å². The Bertz CT molecular complexity index is 1020. The fourth-order valence-electron chi connectivity index (χ4n) is 3.70. The second kappa shape index (κ2) is 9.09. The lowest BCUT2D eigenvalue weighted by atomic mass is 10.0. The Hall–Kier alpha value is -3.19. The van der Waals surface area contributed by atoms with Crippen LogP contribution >= 0.6 is 11.3 Å². The Morgan fingerprint density at radius 3 is 2.67 bits per heavy atom. The lowest BCUT2D eigenvalue weighted by Gasteiger charge is -2.25. The summed E-state index contributed by atoms with van der Waals surface area (Å²) in [6.45, 7) is 0.747. The number of thiazole rings is 1. The Kier molecular flexibility index (Phi) is 6.09. The van der Waals surface area contributed by atoms with E-state index >= 15 is 0 Å². The van der Waals surface area contributed by atoms with Gasteiger partial charge in [0.1, 0.15) is 5.75 Å². The maximum absolute atomic E-state index is 13.0. The number of hydrogen-bond donors (Lipinski definition) is 1. The van der Waals surface area contributed by atoms with Crippen molar-refractivity contribution in [2.24, 2.45) is 0 Å². The summed E-state index contributed by atoms with van der Waals surface area (Å²) in [5, 5.41) is 5.13. The van der Waals surface area contributed by atoms with Crippen LogP contribution in [0.2, 0.25) is 0 Å². The summed E-state index contributed by atoms with van der Waals surface area (Å²) in [5.41, 5.74) is 2.37. The molecule has 0 radical (unpaired) electrons. The van der Waals surface area contributed by atoms with Crippen molar-refractivity contribution >= 4 is 28.3 Å². The predicted molar refractivity (Wildman–Crippen MR) is 117 cm³/mol. The zero-order valence-electron chi connectivity index (χ0n) is 16.7. The number of rotatable bonds is 6. The number of nitrogens with one attached hydrogen (secondary N) is 1. The molecule has 1 fully saturated rings. The molecule has 1 aliphatic heterocycles. The number of ether oxygens (including phenoxy) is 1. The summed E-state index contributed by atoms with van der Waals surface area (Å²) in [4.78, 5) is 31.6. The van der Waals surface area contributed by atoms with Gasteiger partial charge in [0.15, 0.2) is 5.13 Å². The minimum Gasteiger partial charge on any atom is -0.497 e. The average molecular weight is 422 g/mol. The molecular weight excluding hydrogens is 398 g/mol. The van der Waals surface area contributed by atoms with Gasteiger partial charge in [0.2, 0.25) is 5.91 Å². The van der Waals surface area contributed by atoms with Crippen LogP contribution in [0.15, 0.2) is 60.0 Å². The average Bonchev–Trinajstić information content (AvgIpc) is 3.44. The largest absolute Gasteiger partial charge is 0.497 e. The minimum absolute atomic E-state index is 0.0551. The predicted octanol–water partition coefficient (Wildman–Crippen LogP) is 4.31. The molecule has 0 bridgehead atoms. The summed E-state index contributed by atoms with van der Waals surface area (Å²) in [6.07, 6.45) is 2.16. The number of carbonyl (C=O) groups excluding carboxylic acids is 2. The number of aromatic nitrogens is 1. The zero-order valence-corrected chi connectivity index (χ0v) is 17.5. The maximum atomic E-state index is 13.0. The molecule has 4 rings (SSSR count). The number of carbonyl (C=O) groups is 2. The van der Waals surface area contributed by atoms with Crippen LogP contribution in [0.5, 0.6) is 5.75 Å². The van der Waals surface area contributed by atoms with Gasteiger partial charge in [0, 0.05) is 17.5 Å². The Morgan fingerprint density at radius 1 is 1.17 bits per heavy atom. The Morgan fingerprint density at radius 2 is 1.93 bits per heavy atom. The molecule has 30 heavy (non-hydrogen) atoms. The summed E-state index contributed by atoms with van der Waals surface area (Å²) in [6, 6.07) is 17.0. The van der Waals surface area contributed by atoms with Gasteiger partial charge in [-0.2, -0.15) is 0 Å². The lowest BCUT2D eigenvalue weighted by Crippen LogP contribution is -2.31. The van der Waals surface area contributed by atoms with Gasteiger partial charge >= 0.3 is 0 Å². The van der Waals surface area contributed by atoms with Crippen molar-refractivity contribution in [3.05, 3.63) is 76.8 Å². The molecule has 1 N–H and O–H groups in total. The van der Waals surface area contributed by atoms with Gasteiger partial charge in [0.05, 0.1) is 25.3 Å². The molecule has 6 nitrogen and oxygen atoms in total. The quantitative estimate of drug-likeness (QED) is 0.644. The first-order valence-corrected chi connectivity index (χ1v) is 10.8. The normalized spacial score (nSPS) is 15.8. The van der Waals surface area contributed by atoms with Gasteiger partial charge in [-0.05, 0) is 42.7 Å². The molecule has 2 amide bonds. The molecule has 1 saturated heterocycles. The third-order valence-electron chi connectivity index (χ3n) is 5.21.